The summed E-state index contributed by atoms with van der Waals surface area (Å²) in [6, 6.07) is 16.7. The molecule has 166 valence electrons. The van der Waals surface area contributed by atoms with Crippen LogP contribution in [-0.4, -0.2) is 18.1 Å². The highest BCUT2D eigenvalue weighted by molar-refractivity contribution is 5.39. The summed E-state index contributed by atoms with van der Waals surface area (Å²) >= 11 is 0. The molecule has 0 radical (unpaired) electrons. The Morgan fingerprint density at radius 1 is 1.19 bits per heavy atom. The zero-order valence-corrected chi connectivity index (χ0v) is 18.4. The molecule has 2 aromatic rings. The summed E-state index contributed by atoms with van der Waals surface area (Å²) in [6.07, 6.45) is 3.31. The van der Waals surface area contributed by atoms with Crippen molar-refractivity contribution in [2.75, 3.05) is 13.2 Å². The highest BCUT2D eigenvalue weighted by atomic mass is 19.1. The Morgan fingerprint density at radius 2 is 1.94 bits per heavy atom. The maximum absolute atomic E-state index is 15.0. The smallest absolute Gasteiger partial charge is 0.138 e. The fourth-order valence-corrected chi connectivity index (χ4v) is 4.35. The van der Waals surface area contributed by atoms with Crippen LogP contribution in [0.2, 0.25) is 0 Å². The van der Waals surface area contributed by atoms with Crippen molar-refractivity contribution in [2.45, 2.75) is 51.5 Å². The van der Waals surface area contributed by atoms with E-state index < -0.39 is 6.17 Å². The molecule has 4 nitrogen and oxygen atoms in total. The van der Waals surface area contributed by atoms with Crippen molar-refractivity contribution in [3.63, 3.8) is 0 Å². The second-order valence-electron chi connectivity index (χ2n) is 9.59. The van der Waals surface area contributed by atoms with Gasteiger partial charge in [-0.1, -0.05) is 36.9 Å². The number of nitrogens with zero attached hydrogens (tertiary/aromatic N) is 2. The van der Waals surface area contributed by atoms with Gasteiger partial charge in [-0.25, -0.2) is 4.39 Å². The van der Waals surface area contributed by atoms with Crippen molar-refractivity contribution in [1.29, 1.82) is 5.26 Å². The maximum Gasteiger partial charge on any atom is 0.138 e. The number of ether oxygens (including phenoxy) is 1. The van der Waals surface area contributed by atoms with Crippen molar-refractivity contribution in [3.8, 4) is 11.8 Å². The fourth-order valence-electron chi connectivity index (χ4n) is 4.35. The highest BCUT2D eigenvalue weighted by Crippen LogP contribution is 2.49. The summed E-state index contributed by atoms with van der Waals surface area (Å²) in [6.45, 7) is 7.32. The van der Waals surface area contributed by atoms with Crippen LogP contribution in [0.1, 0.15) is 54.1 Å². The zero-order valence-electron chi connectivity index (χ0n) is 18.4. The number of benzene rings is 2. The highest BCUT2D eigenvalue weighted by Gasteiger charge is 2.46. The standard InChI is InChI=1S/C27H30FN3O/c1-19(27(18-29)10-11-27)30-13-20-2-4-21(5-3-20)14-31-15-23-8-9-24(32-17-22-6-7-22)12-25(23)26(28)16-31/h2-5,8-9,12,22,26,30H,1,6-7,10-11,13-17H2. The van der Waals surface area contributed by atoms with Crippen LogP contribution in [0.15, 0.2) is 54.7 Å². The number of hydrogen-bond acceptors (Lipinski definition) is 4. The normalized spacial score (nSPS) is 21.3. The first-order valence-electron chi connectivity index (χ1n) is 11.6. The molecule has 0 saturated heterocycles. The van der Waals surface area contributed by atoms with Crippen LogP contribution in [0.5, 0.6) is 5.75 Å². The van der Waals surface area contributed by atoms with Gasteiger partial charge in [0.1, 0.15) is 11.9 Å². The summed E-state index contributed by atoms with van der Waals surface area (Å²) in [7, 11) is 0. The lowest BCUT2D eigenvalue weighted by Gasteiger charge is -2.31. The topological polar surface area (TPSA) is 48.3 Å². The van der Waals surface area contributed by atoms with Gasteiger partial charge in [-0.15, -0.1) is 0 Å². The van der Waals surface area contributed by atoms with E-state index in [1.165, 1.54) is 18.4 Å². The van der Waals surface area contributed by atoms with Crippen molar-refractivity contribution >= 4 is 0 Å². The van der Waals surface area contributed by atoms with Crippen LogP contribution in [0, 0.1) is 22.7 Å². The SMILES string of the molecule is C=C(NCc1ccc(CN2Cc3ccc(OCC4CC4)cc3C(F)C2)cc1)C1(C#N)CC1. The molecule has 2 saturated carbocycles. The molecule has 1 N–H and O–H groups in total. The van der Waals surface area contributed by atoms with Gasteiger partial charge in [-0.2, -0.15) is 5.26 Å². The van der Waals surface area contributed by atoms with Crippen molar-refractivity contribution in [3.05, 3.63) is 77.0 Å². The van der Waals surface area contributed by atoms with Gasteiger partial charge in [0.15, 0.2) is 0 Å². The van der Waals surface area contributed by atoms with Gasteiger partial charge in [0, 0.05) is 31.9 Å². The first-order valence-corrected chi connectivity index (χ1v) is 11.6. The largest absolute Gasteiger partial charge is 0.493 e. The number of halogens is 1. The molecule has 2 aromatic carbocycles. The van der Waals surface area contributed by atoms with E-state index in [0.29, 0.717) is 19.0 Å². The summed E-state index contributed by atoms with van der Waals surface area (Å²) < 4.78 is 20.8. The Hall–Kier alpha value is -2.84. The van der Waals surface area contributed by atoms with Crippen molar-refractivity contribution < 1.29 is 9.13 Å². The number of alkyl halides is 1. The first-order chi connectivity index (χ1) is 15.5. The van der Waals surface area contributed by atoms with E-state index >= 15 is 0 Å². The van der Waals surface area contributed by atoms with Gasteiger partial charge in [0.05, 0.1) is 18.1 Å². The molecule has 3 aliphatic rings. The predicted octanol–water partition coefficient (Wildman–Crippen LogP) is 5.41. The van der Waals surface area contributed by atoms with Gasteiger partial charge < -0.3 is 10.1 Å². The average molecular weight is 432 g/mol. The minimum absolute atomic E-state index is 0.350. The molecular formula is C27H30FN3O. The fraction of sp³-hybridized carbons (Fsp3) is 0.444. The van der Waals surface area contributed by atoms with Crippen LogP contribution in [0.25, 0.3) is 0 Å². The molecule has 2 fully saturated rings. The van der Waals surface area contributed by atoms with Crippen LogP contribution >= 0.6 is 0 Å². The molecule has 5 rings (SSSR count). The molecule has 0 bridgehead atoms. The Bertz CT molecular complexity index is 1030. The average Bonchev–Trinajstić information content (AvgIpc) is 3.72. The molecule has 1 heterocycles. The Kier molecular flexibility index (Phi) is 5.65. The van der Waals surface area contributed by atoms with Gasteiger partial charge in [-0.05, 0) is 66.0 Å². The van der Waals surface area contributed by atoms with E-state index in [-0.39, 0.29) is 5.41 Å². The van der Waals surface area contributed by atoms with Gasteiger partial charge in [0.25, 0.3) is 0 Å². The van der Waals surface area contributed by atoms with Crippen molar-refractivity contribution in [2.24, 2.45) is 11.3 Å². The third-order valence-electron chi connectivity index (χ3n) is 6.93. The number of nitrogens with one attached hydrogen (secondary N) is 1. The third kappa shape index (κ3) is 4.66. The summed E-state index contributed by atoms with van der Waals surface area (Å²) in [5.74, 6) is 1.48. The number of fused-ring (bicyclic) bond motifs is 1. The van der Waals surface area contributed by atoms with E-state index in [4.69, 9.17) is 4.74 Å². The Labute approximate surface area is 189 Å². The molecule has 1 aliphatic heterocycles. The Morgan fingerprint density at radius 3 is 2.62 bits per heavy atom. The lowest BCUT2D eigenvalue weighted by Crippen LogP contribution is -2.31. The molecule has 1 atom stereocenters. The third-order valence-corrected chi connectivity index (χ3v) is 6.93. The van der Waals surface area contributed by atoms with Crippen LogP contribution < -0.4 is 10.1 Å². The molecule has 2 aliphatic carbocycles. The van der Waals surface area contributed by atoms with E-state index in [1.807, 2.05) is 18.2 Å². The van der Waals surface area contributed by atoms with Gasteiger partial charge in [-0.3, -0.25) is 4.90 Å². The van der Waals surface area contributed by atoms with E-state index in [1.54, 1.807) is 0 Å². The molecule has 32 heavy (non-hydrogen) atoms. The molecule has 0 aromatic heterocycles. The minimum Gasteiger partial charge on any atom is -0.493 e. The van der Waals surface area contributed by atoms with Crippen LogP contribution in [0.3, 0.4) is 0 Å². The number of allylic oxidation sites excluding steroid dienone is 1. The van der Waals surface area contributed by atoms with E-state index in [2.05, 4.69) is 47.1 Å². The molecule has 1 unspecified atom stereocenters. The second-order valence-corrected chi connectivity index (χ2v) is 9.59. The van der Waals surface area contributed by atoms with Crippen molar-refractivity contribution in [1.82, 2.24) is 10.2 Å². The molecular weight excluding hydrogens is 401 g/mol. The summed E-state index contributed by atoms with van der Waals surface area (Å²) in [5, 5.41) is 12.6. The van der Waals surface area contributed by atoms with Gasteiger partial charge >= 0.3 is 0 Å². The lowest BCUT2D eigenvalue weighted by molar-refractivity contribution is 0.158. The zero-order chi connectivity index (χ0) is 22.1. The number of rotatable bonds is 9. The number of nitriles is 1. The summed E-state index contributed by atoms with van der Waals surface area (Å²) in [4.78, 5) is 2.16. The van der Waals surface area contributed by atoms with E-state index in [9.17, 15) is 9.65 Å². The first kappa shape index (κ1) is 21.0. The van der Waals surface area contributed by atoms with E-state index in [0.717, 1.165) is 60.7 Å². The quantitative estimate of drug-likeness (QED) is 0.577. The maximum atomic E-state index is 15.0. The number of hydrogen-bond donors (Lipinski definition) is 1. The Balaban J connectivity index is 1.15. The molecule has 5 heteroatoms. The molecule has 0 amide bonds. The lowest BCUT2D eigenvalue weighted by atomic mass is 9.97. The molecule has 0 spiro atoms. The minimum atomic E-state index is -0.993. The monoisotopic (exact) mass is 431 g/mol. The summed E-state index contributed by atoms with van der Waals surface area (Å²) in [5.41, 5.74) is 4.62. The predicted molar refractivity (Wildman–Crippen MR) is 122 cm³/mol. The van der Waals surface area contributed by atoms with Gasteiger partial charge in [0.2, 0.25) is 0 Å². The second kappa shape index (κ2) is 8.60. The van der Waals surface area contributed by atoms with Crippen LogP contribution in [0.4, 0.5) is 4.39 Å². The van der Waals surface area contributed by atoms with Crippen LogP contribution in [-0.2, 0) is 19.6 Å².